The Morgan fingerprint density at radius 3 is 1.54 bits per heavy atom. The molecular formula is C20H22N2O2. The van der Waals surface area contributed by atoms with Crippen LogP contribution in [0.1, 0.15) is 81.0 Å². The normalized spacial score (nSPS) is 13.0. The Labute approximate surface area is 142 Å². The molecule has 4 heteroatoms. The lowest BCUT2D eigenvalue weighted by Crippen LogP contribution is -2.27. The summed E-state index contributed by atoms with van der Waals surface area (Å²) in [5.74, 6) is -0.312. The van der Waals surface area contributed by atoms with Crippen LogP contribution in [0.2, 0.25) is 0 Å². The van der Waals surface area contributed by atoms with Gasteiger partial charge in [0.1, 0.15) is 11.4 Å². The van der Waals surface area contributed by atoms with Gasteiger partial charge in [0.25, 0.3) is 0 Å². The molecule has 124 valence electrons. The smallest absolute Gasteiger partial charge is 0.231 e. The summed E-state index contributed by atoms with van der Waals surface area (Å²) < 4.78 is 0. The maximum Gasteiger partial charge on any atom is 0.231 e. The summed E-state index contributed by atoms with van der Waals surface area (Å²) in [6.45, 7) is 8.05. The van der Waals surface area contributed by atoms with Crippen molar-refractivity contribution >= 4 is 11.6 Å². The zero-order valence-corrected chi connectivity index (χ0v) is 14.7. The largest absolute Gasteiger partial charge is 0.288 e. The summed E-state index contributed by atoms with van der Waals surface area (Å²) in [5.41, 5.74) is 5.38. The van der Waals surface area contributed by atoms with Gasteiger partial charge >= 0.3 is 0 Å². The molecule has 0 aliphatic heterocycles. The van der Waals surface area contributed by atoms with Gasteiger partial charge in [0.05, 0.1) is 11.1 Å². The van der Waals surface area contributed by atoms with Crippen molar-refractivity contribution in [2.45, 2.75) is 53.4 Å². The molecule has 1 aliphatic rings. The molecule has 0 atom stereocenters. The predicted molar refractivity (Wildman–Crippen MR) is 92.8 cm³/mol. The maximum absolute atomic E-state index is 13.3. The molecule has 0 unspecified atom stereocenters. The van der Waals surface area contributed by atoms with E-state index < -0.39 is 0 Å². The number of ketones is 2. The van der Waals surface area contributed by atoms with Crippen LogP contribution in [0.3, 0.4) is 0 Å². The van der Waals surface area contributed by atoms with Gasteiger partial charge in [-0.25, -0.2) is 0 Å². The van der Waals surface area contributed by atoms with Crippen LogP contribution >= 0.6 is 0 Å². The van der Waals surface area contributed by atoms with Gasteiger partial charge in [0.15, 0.2) is 5.78 Å². The van der Waals surface area contributed by atoms with E-state index in [1.807, 2.05) is 13.8 Å². The molecule has 2 aromatic rings. The van der Waals surface area contributed by atoms with Gasteiger partial charge in [-0.2, -0.15) is 0 Å². The number of rotatable bonds is 4. The van der Waals surface area contributed by atoms with Gasteiger partial charge < -0.3 is 0 Å². The van der Waals surface area contributed by atoms with Crippen LogP contribution in [-0.2, 0) is 12.8 Å². The summed E-state index contributed by atoms with van der Waals surface area (Å²) in [7, 11) is 0. The number of pyridine rings is 2. The van der Waals surface area contributed by atoms with Crippen molar-refractivity contribution in [2.75, 3.05) is 0 Å². The molecule has 0 saturated heterocycles. The van der Waals surface area contributed by atoms with Crippen molar-refractivity contribution in [2.24, 2.45) is 0 Å². The Bertz CT molecular complexity index is 786. The first-order valence-electron chi connectivity index (χ1n) is 8.57. The molecule has 0 radical (unpaired) electrons. The van der Waals surface area contributed by atoms with Crippen molar-refractivity contribution in [3.63, 3.8) is 0 Å². The molecule has 0 bridgehead atoms. The predicted octanol–water partition coefficient (Wildman–Crippen LogP) is 3.77. The molecule has 0 fully saturated rings. The summed E-state index contributed by atoms with van der Waals surface area (Å²) in [5, 5.41) is 0. The highest BCUT2D eigenvalue weighted by Gasteiger charge is 2.36. The molecule has 24 heavy (non-hydrogen) atoms. The molecule has 2 heterocycles. The number of hydrogen-bond donors (Lipinski definition) is 0. The Morgan fingerprint density at radius 1 is 0.750 bits per heavy atom. The minimum atomic E-state index is -0.227. The fourth-order valence-electron chi connectivity index (χ4n) is 3.50. The molecular weight excluding hydrogens is 300 g/mol. The summed E-state index contributed by atoms with van der Waals surface area (Å²) in [6.07, 6.45) is 6.77. The highest BCUT2D eigenvalue weighted by atomic mass is 16.1. The maximum atomic E-state index is 13.3. The van der Waals surface area contributed by atoms with E-state index >= 15 is 0 Å². The van der Waals surface area contributed by atoms with Gasteiger partial charge in [-0.3, -0.25) is 19.6 Å². The van der Waals surface area contributed by atoms with Crippen LogP contribution in [0.5, 0.6) is 0 Å². The van der Waals surface area contributed by atoms with Crippen LogP contribution in [0, 0.1) is 13.8 Å². The average Bonchev–Trinajstić information content (AvgIpc) is 2.56. The van der Waals surface area contributed by atoms with E-state index in [4.69, 9.17) is 0 Å². The minimum absolute atomic E-state index is 0.0844. The standard InChI is InChI=1S/C20H22N2O2/c1-5-7-13-11(3)9-21-17-15(13)19(23)16-14(8-6-2)12(4)10-22-18(16)20(17)24/h9-10H,5-8H2,1-4H3. The highest BCUT2D eigenvalue weighted by molar-refractivity contribution is 6.28. The van der Waals surface area contributed by atoms with E-state index in [1.54, 1.807) is 12.4 Å². The van der Waals surface area contributed by atoms with Crippen molar-refractivity contribution in [3.05, 3.63) is 57.2 Å². The Hall–Kier alpha value is -2.36. The number of hydrogen-bond acceptors (Lipinski definition) is 4. The monoisotopic (exact) mass is 322 g/mol. The third kappa shape index (κ3) is 2.37. The molecule has 0 spiro atoms. The van der Waals surface area contributed by atoms with Crippen LogP contribution in [0.15, 0.2) is 12.4 Å². The van der Waals surface area contributed by atoms with E-state index in [2.05, 4.69) is 23.8 Å². The van der Waals surface area contributed by atoms with Gasteiger partial charge in [-0.15, -0.1) is 0 Å². The first-order chi connectivity index (χ1) is 11.5. The Kier molecular flexibility index (Phi) is 4.31. The Balaban J connectivity index is 2.32. The molecule has 1 aliphatic carbocycles. The third-order valence-corrected chi connectivity index (χ3v) is 4.69. The summed E-state index contributed by atoms with van der Waals surface area (Å²) >= 11 is 0. The fourth-order valence-corrected chi connectivity index (χ4v) is 3.50. The second-order valence-corrected chi connectivity index (χ2v) is 6.44. The van der Waals surface area contributed by atoms with Crippen molar-refractivity contribution in [1.29, 1.82) is 0 Å². The molecule has 0 saturated carbocycles. The van der Waals surface area contributed by atoms with E-state index in [0.29, 0.717) is 11.1 Å². The second kappa shape index (κ2) is 6.27. The van der Waals surface area contributed by atoms with E-state index in [-0.39, 0.29) is 23.0 Å². The van der Waals surface area contributed by atoms with Crippen molar-refractivity contribution < 1.29 is 9.59 Å². The Morgan fingerprint density at radius 2 is 1.17 bits per heavy atom. The molecule has 0 aromatic carbocycles. The van der Waals surface area contributed by atoms with Crippen molar-refractivity contribution in [3.8, 4) is 0 Å². The van der Waals surface area contributed by atoms with Crippen molar-refractivity contribution in [1.82, 2.24) is 9.97 Å². The lowest BCUT2D eigenvalue weighted by Gasteiger charge is -2.23. The number of aryl methyl sites for hydroxylation is 2. The summed E-state index contributed by atoms with van der Waals surface area (Å²) in [6, 6.07) is 0. The SMILES string of the molecule is CCCc1c(C)cnc2c1C(=O)c1c(ncc(C)c1CCC)C2=O. The topological polar surface area (TPSA) is 59.9 Å². The number of carbonyl (C=O) groups excluding carboxylic acids is 2. The zero-order valence-electron chi connectivity index (χ0n) is 14.7. The quantitative estimate of drug-likeness (QED) is 0.733. The van der Waals surface area contributed by atoms with Crippen LogP contribution in [-0.4, -0.2) is 21.5 Å². The minimum Gasteiger partial charge on any atom is -0.288 e. The lowest BCUT2D eigenvalue weighted by atomic mass is 9.81. The average molecular weight is 322 g/mol. The summed E-state index contributed by atoms with van der Waals surface area (Å²) in [4.78, 5) is 34.8. The van der Waals surface area contributed by atoms with Gasteiger partial charge in [0.2, 0.25) is 5.78 Å². The second-order valence-electron chi connectivity index (χ2n) is 6.44. The van der Waals surface area contributed by atoms with Gasteiger partial charge in [-0.1, -0.05) is 26.7 Å². The number of fused-ring (bicyclic) bond motifs is 2. The van der Waals surface area contributed by atoms with Crippen LogP contribution in [0.4, 0.5) is 0 Å². The van der Waals surface area contributed by atoms with Crippen LogP contribution < -0.4 is 0 Å². The molecule has 0 N–H and O–H groups in total. The lowest BCUT2D eigenvalue weighted by molar-refractivity contribution is 0.0969. The number of nitrogens with zero attached hydrogens (tertiary/aromatic N) is 2. The highest BCUT2D eigenvalue weighted by Crippen LogP contribution is 2.32. The molecule has 2 aromatic heterocycles. The van der Waals surface area contributed by atoms with Crippen LogP contribution in [0.25, 0.3) is 0 Å². The van der Waals surface area contributed by atoms with Gasteiger partial charge in [-0.05, 0) is 48.9 Å². The third-order valence-electron chi connectivity index (χ3n) is 4.69. The molecule has 0 amide bonds. The molecule has 3 rings (SSSR count). The van der Waals surface area contributed by atoms with E-state index in [1.165, 1.54) is 0 Å². The fraction of sp³-hybridized carbons (Fsp3) is 0.400. The van der Waals surface area contributed by atoms with E-state index in [0.717, 1.165) is 47.9 Å². The first-order valence-corrected chi connectivity index (χ1v) is 8.57. The first kappa shape index (κ1) is 16.5. The zero-order chi connectivity index (χ0) is 17.4. The van der Waals surface area contributed by atoms with E-state index in [9.17, 15) is 9.59 Å². The number of aromatic nitrogens is 2. The van der Waals surface area contributed by atoms with Gasteiger partial charge in [0, 0.05) is 12.4 Å². The number of carbonyl (C=O) groups is 2. The molecule has 4 nitrogen and oxygen atoms in total.